The molecule has 0 aromatic heterocycles. The van der Waals surface area contributed by atoms with Crippen LogP contribution in [0.3, 0.4) is 0 Å². The molecule has 0 bridgehead atoms. The standard InChI is InChI=1S/C19H32N2O4Si/c1-24-18(22)16(12-8-9-13-20)21-19(23)25-14-17(26(2,3)4)15-10-6-5-7-11-15/h5-7,10-11,16-17H,8-9,12-14,20H2,1-4H3,(H,21,23)/t16-,17?/m0/s1. The number of unbranched alkanes of at least 4 members (excludes halogenated alkanes) is 1. The van der Waals surface area contributed by atoms with Gasteiger partial charge in [0.1, 0.15) is 6.04 Å². The second kappa shape index (κ2) is 11.0. The van der Waals surface area contributed by atoms with E-state index in [1.807, 2.05) is 18.2 Å². The number of rotatable bonds is 10. The molecule has 6 nitrogen and oxygen atoms in total. The Hall–Kier alpha value is -1.86. The van der Waals surface area contributed by atoms with Gasteiger partial charge in [-0.15, -0.1) is 0 Å². The van der Waals surface area contributed by atoms with E-state index in [9.17, 15) is 9.59 Å². The van der Waals surface area contributed by atoms with Gasteiger partial charge in [0.2, 0.25) is 0 Å². The summed E-state index contributed by atoms with van der Waals surface area (Å²) in [5.41, 5.74) is 6.83. The number of carbonyl (C=O) groups is 2. The van der Waals surface area contributed by atoms with Crippen molar-refractivity contribution >= 4 is 20.1 Å². The number of methoxy groups -OCH3 is 1. The molecule has 0 saturated carbocycles. The van der Waals surface area contributed by atoms with E-state index in [0.717, 1.165) is 12.8 Å². The first-order valence-electron chi connectivity index (χ1n) is 9.05. The Morgan fingerprint density at radius 1 is 1.15 bits per heavy atom. The van der Waals surface area contributed by atoms with Gasteiger partial charge in [-0.05, 0) is 31.4 Å². The Morgan fingerprint density at radius 2 is 1.81 bits per heavy atom. The highest BCUT2D eigenvalue weighted by atomic mass is 28.3. The summed E-state index contributed by atoms with van der Waals surface area (Å²) < 4.78 is 10.2. The Bertz CT molecular complexity index is 560. The summed E-state index contributed by atoms with van der Waals surface area (Å²) in [6.07, 6.45) is 1.41. The maximum Gasteiger partial charge on any atom is 0.407 e. The highest BCUT2D eigenvalue weighted by Crippen LogP contribution is 2.27. The summed E-state index contributed by atoms with van der Waals surface area (Å²) in [4.78, 5) is 24.1. The Kier molecular flexibility index (Phi) is 9.36. The van der Waals surface area contributed by atoms with E-state index < -0.39 is 26.2 Å². The fraction of sp³-hybridized carbons (Fsp3) is 0.579. The fourth-order valence-electron chi connectivity index (χ4n) is 2.76. The van der Waals surface area contributed by atoms with Crippen LogP contribution in [0.15, 0.2) is 30.3 Å². The topological polar surface area (TPSA) is 90.6 Å². The lowest BCUT2D eigenvalue weighted by Gasteiger charge is -2.29. The number of hydrogen-bond donors (Lipinski definition) is 2. The average molecular weight is 381 g/mol. The number of nitrogens with one attached hydrogen (secondary N) is 1. The third-order valence-corrected chi connectivity index (χ3v) is 6.94. The van der Waals surface area contributed by atoms with Crippen molar-refractivity contribution in [1.82, 2.24) is 5.32 Å². The molecule has 146 valence electrons. The summed E-state index contributed by atoms with van der Waals surface area (Å²) in [6.45, 7) is 7.58. The van der Waals surface area contributed by atoms with Gasteiger partial charge in [-0.2, -0.15) is 0 Å². The first-order chi connectivity index (χ1) is 12.3. The third kappa shape index (κ3) is 7.57. The summed E-state index contributed by atoms with van der Waals surface area (Å²) in [5.74, 6) is -0.469. The van der Waals surface area contributed by atoms with Gasteiger partial charge in [0.15, 0.2) is 0 Å². The highest BCUT2D eigenvalue weighted by Gasteiger charge is 2.30. The van der Waals surface area contributed by atoms with Crippen LogP contribution in [-0.4, -0.2) is 46.4 Å². The van der Waals surface area contributed by atoms with Gasteiger partial charge < -0.3 is 20.5 Å². The quantitative estimate of drug-likeness (QED) is 0.370. The number of benzene rings is 1. The van der Waals surface area contributed by atoms with Crippen molar-refractivity contribution < 1.29 is 19.1 Å². The summed E-state index contributed by atoms with van der Waals surface area (Å²) >= 11 is 0. The molecule has 0 spiro atoms. The number of nitrogens with two attached hydrogens (primary N) is 1. The maximum atomic E-state index is 12.2. The predicted molar refractivity (Wildman–Crippen MR) is 106 cm³/mol. The molecule has 3 N–H and O–H groups in total. The zero-order valence-corrected chi connectivity index (χ0v) is 17.3. The van der Waals surface area contributed by atoms with Crippen LogP contribution in [0, 0.1) is 0 Å². The number of amides is 1. The van der Waals surface area contributed by atoms with Gasteiger partial charge >= 0.3 is 12.1 Å². The van der Waals surface area contributed by atoms with Crippen LogP contribution in [-0.2, 0) is 14.3 Å². The summed E-state index contributed by atoms with van der Waals surface area (Å²) in [7, 11) is -0.292. The summed E-state index contributed by atoms with van der Waals surface area (Å²) in [5, 5.41) is 2.62. The minimum absolute atomic E-state index is 0.184. The van der Waals surface area contributed by atoms with E-state index in [0.29, 0.717) is 19.6 Å². The molecule has 1 rings (SSSR count). The van der Waals surface area contributed by atoms with E-state index >= 15 is 0 Å². The van der Waals surface area contributed by atoms with Crippen LogP contribution in [0.4, 0.5) is 4.79 Å². The van der Waals surface area contributed by atoms with Crippen molar-refractivity contribution in [3.8, 4) is 0 Å². The lowest BCUT2D eigenvalue weighted by Crippen LogP contribution is -2.43. The lowest BCUT2D eigenvalue weighted by atomic mass is 10.1. The normalized spacial score (nSPS) is 13.6. The van der Waals surface area contributed by atoms with Gasteiger partial charge in [0.25, 0.3) is 0 Å². The number of ether oxygens (including phenoxy) is 2. The van der Waals surface area contributed by atoms with Crippen molar-refractivity contribution in [2.75, 3.05) is 20.3 Å². The van der Waals surface area contributed by atoms with E-state index in [2.05, 4.69) is 37.1 Å². The number of esters is 1. The van der Waals surface area contributed by atoms with Gasteiger partial charge in [0.05, 0.1) is 21.8 Å². The first-order valence-corrected chi connectivity index (χ1v) is 12.6. The van der Waals surface area contributed by atoms with Gasteiger partial charge in [-0.1, -0.05) is 50.0 Å². The second-order valence-electron chi connectivity index (χ2n) is 7.43. The summed E-state index contributed by atoms with van der Waals surface area (Å²) in [6, 6.07) is 9.38. The molecule has 0 aliphatic carbocycles. The molecule has 0 fully saturated rings. The molecule has 1 aromatic rings. The van der Waals surface area contributed by atoms with Gasteiger partial charge in [0, 0.05) is 5.54 Å². The van der Waals surface area contributed by atoms with Crippen LogP contribution in [0.5, 0.6) is 0 Å². The van der Waals surface area contributed by atoms with Crippen LogP contribution >= 0.6 is 0 Å². The van der Waals surface area contributed by atoms with Gasteiger partial charge in [-0.3, -0.25) is 0 Å². The zero-order valence-electron chi connectivity index (χ0n) is 16.3. The van der Waals surface area contributed by atoms with Crippen molar-refractivity contribution in [2.24, 2.45) is 5.73 Å². The Labute approximate surface area is 157 Å². The van der Waals surface area contributed by atoms with Crippen LogP contribution in [0.25, 0.3) is 0 Å². The minimum atomic E-state index is -1.60. The monoisotopic (exact) mass is 380 g/mol. The van der Waals surface area contributed by atoms with Gasteiger partial charge in [-0.25, -0.2) is 9.59 Å². The molecule has 0 radical (unpaired) electrons. The fourth-order valence-corrected chi connectivity index (χ4v) is 4.53. The minimum Gasteiger partial charge on any atom is -0.467 e. The maximum absolute atomic E-state index is 12.2. The predicted octanol–water partition coefficient (Wildman–Crippen LogP) is 3.04. The molecule has 0 saturated heterocycles. The van der Waals surface area contributed by atoms with Crippen molar-refractivity contribution in [2.45, 2.75) is 50.5 Å². The molecule has 1 amide bonds. The molecule has 0 heterocycles. The van der Waals surface area contributed by atoms with E-state index in [1.165, 1.54) is 12.7 Å². The first kappa shape index (κ1) is 22.2. The molecule has 2 atom stereocenters. The molecular weight excluding hydrogens is 348 g/mol. The molecule has 1 unspecified atom stereocenters. The number of alkyl carbamates (subject to hydrolysis) is 1. The zero-order chi connectivity index (χ0) is 19.6. The molecule has 26 heavy (non-hydrogen) atoms. The van der Waals surface area contributed by atoms with Crippen molar-refractivity contribution in [3.05, 3.63) is 35.9 Å². The molecule has 7 heteroatoms. The Morgan fingerprint density at radius 3 is 2.35 bits per heavy atom. The Balaban J connectivity index is 2.67. The van der Waals surface area contributed by atoms with Crippen molar-refractivity contribution in [1.29, 1.82) is 0 Å². The van der Waals surface area contributed by atoms with Crippen LogP contribution in [0.2, 0.25) is 19.6 Å². The molecular formula is C19H32N2O4Si. The second-order valence-corrected chi connectivity index (χ2v) is 12.9. The molecule has 1 aromatic carbocycles. The SMILES string of the molecule is COC(=O)[C@H](CCCCN)NC(=O)OCC(c1ccccc1)[Si](C)(C)C. The van der Waals surface area contributed by atoms with E-state index in [4.69, 9.17) is 15.2 Å². The lowest BCUT2D eigenvalue weighted by molar-refractivity contribution is -0.143. The highest BCUT2D eigenvalue weighted by molar-refractivity contribution is 6.77. The van der Waals surface area contributed by atoms with E-state index in [1.54, 1.807) is 0 Å². The van der Waals surface area contributed by atoms with Crippen LogP contribution in [0.1, 0.15) is 30.4 Å². The number of hydrogen-bond acceptors (Lipinski definition) is 5. The smallest absolute Gasteiger partial charge is 0.407 e. The number of carbonyl (C=O) groups excluding carboxylic acids is 2. The third-order valence-electron chi connectivity index (χ3n) is 4.35. The van der Waals surface area contributed by atoms with Crippen molar-refractivity contribution in [3.63, 3.8) is 0 Å². The molecule has 0 aliphatic rings. The average Bonchev–Trinajstić information content (AvgIpc) is 2.60. The largest absolute Gasteiger partial charge is 0.467 e. The molecule has 0 aliphatic heterocycles. The van der Waals surface area contributed by atoms with E-state index in [-0.39, 0.29) is 5.54 Å². The van der Waals surface area contributed by atoms with Crippen LogP contribution < -0.4 is 11.1 Å².